The van der Waals surface area contributed by atoms with E-state index in [1.807, 2.05) is 0 Å². The molecule has 22 heavy (non-hydrogen) atoms. The lowest BCUT2D eigenvalue weighted by Crippen LogP contribution is -2.35. The van der Waals surface area contributed by atoms with Crippen molar-refractivity contribution in [2.24, 2.45) is 0 Å². The molecule has 0 atom stereocenters. The van der Waals surface area contributed by atoms with Gasteiger partial charge in [-0.1, -0.05) is 45.1 Å². The number of nitrogens with one attached hydrogen (secondary N) is 2. The molecule has 2 N–H and O–H groups in total. The van der Waals surface area contributed by atoms with E-state index in [0.717, 1.165) is 12.8 Å². The van der Waals surface area contributed by atoms with Crippen LogP contribution in [-0.4, -0.2) is 17.9 Å². The number of hydrogen-bond donors (Lipinski definition) is 2. The van der Waals surface area contributed by atoms with Gasteiger partial charge in [-0.05, 0) is 31.0 Å². The van der Waals surface area contributed by atoms with Gasteiger partial charge in [0.2, 0.25) is 5.91 Å². The van der Waals surface area contributed by atoms with E-state index in [0.29, 0.717) is 17.7 Å². The maximum absolute atomic E-state index is 12.4. The van der Waals surface area contributed by atoms with E-state index < -0.39 is 0 Å². The Kier molecular flexibility index (Phi) is 6.44. The van der Waals surface area contributed by atoms with E-state index in [1.54, 1.807) is 31.2 Å². The second kappa shape index (κ2) is 8.57. The number of anilines is 1. The van der Waals surface area contributed by atoms with Gasteiger partial charge in [0.25, 0.3) is 5.91 Å². The Labute approximate surface area is 132 Å². The van der Waals surface area contributed by atoms with Crippen LogP contribution in [-0.2, 0) is 4.79 Å². The minimum absolute atomic E-state index is 0.0434. The first-order chi connectivity index (χ1) is 10.7. The van der Waals surface area contributed by atoms with Crippen molar-refractivity contribution in [3.63, 3.8) is 0 Å². The predicted molar refractivity (Wildman–Crippen MR) is 88.9 cm³/mol. The van der Waals surface area contributed by atoms with Crippen LogP contribution < -0.4 is 10.6 Å². The molecule has 0 unspecified atom stereocenters. The minimum Gasteiger partial charge on any atom is -0.349 e. The Morgan fingerprint density at radius 3 is 2.45 bits per heavy atom. The zero-order valence-corrected chi connectivity index (χ0v) is 13.4. The third-order valence-electron chi connectivity index (χ3n) is 4.17. The van der Waals surface area contributed by atoms with Crippen molar-refractivity contribution in [3.8, 4) is 0 Å². The zero-order valence-electron chi connectivity index (χ0n) is 13.4. The van der Waals surface area contributed by atoms with Crippen molar-refractivity contribution in [2.75, 3.05) is 5.32 Å². The van der Waals surface area contributed by atoms with Gasteiger partial charge in [-0.2, -0.15) is 0 Å². The van der Waals surface area contributed by atoms with Crippen molar-refractivity contribution in [1.29, 1.82) is 0 Å². The summed E-state index contributed by atoms with van der Waals surface area (Å²) in [6.07, 6.45) is 8.80. The summed E-state index contributed by atoms with van der Waals surface area (Å²) in [5.41, 5.74) is 1.29. The SMILES string of the molecule is CCC(=O)Nc1cccc(C(=O)NC2CCCCCCC2)c1. The van der Waals surface area contributed by atoms with Crippen molar-refractivity contribution in [2.45, 2.75) is 64.3 Å². The third kappa shape index (κ3) is 5.17. The molecule has 0 radical (unpaired) electrons. The van der Waals surface area contributed by atoms with Crippen LogP contribution in [0.4, 0.5) is 5.69 Å². The van der Waals surface area contributed by atoms with Crippen LogP contribution in [0.25, 0.3) is 0 Å². The first-order valence-corrected chi connectivity index (χ1v) is 8.40. The number of amides is 2. The molecule has 120 valence electrons. The molecule has 0 aromatic heterocycles. The normalized spacial score (nSPS) is 16.4. The maximum atomic E-state index is 12.4. The summed E-state index contributed by atoms with van der Waals surface area (Å²) in [6.45, 7) is 1.81. The van der Waals surface area contributed by atoms with Gasteiger partial charge in [-0.25, -0.2) is 0 Å². The zero-order chi connectivity index (χ0) is 15.8. The summed E-state index contributed by atoms with van der Waals surface area (Å²) in [5.74, 6) is -0.0873. The Morgan fingerprint density at radius 1 is 1.09 bits per heavy atom. The molecule has 1 aromatic rings. The highest BCUT2D eigenvalue weighted by Gasteiger charge is 2.15. The van der Waals surface area contributed by atoms with Crippen LogP contribution in [0.3, 0.4) is 0 Å². The van der Waals surface area contributed by atoms with Crippen LogP contribution in [0.1, 0.15) is 68.6 Å². The molecule has 4 nitrogen and oxygen atoms in total. The lowest BCUT2D eigenvalue weighted by Gasteiger charge is -2.21. The van der Waals surface area contributed by atoms with Crippen LogP contribution >= 0.6 is 0 Å². The fourth-order valence-electron chi connectivity index (χ4n) is 2.86. The topological polar surface area (TPSA) is 58.2 Å². The molecule has 1 aliphatic carbocycles. The van der Waals surface area contributed by atoms with Gasteiger partial charge in [0.1, 0.15) is 0 Å². The van der Waals surface area contributed by atoms with Crippen molar-refractivity contribution >= 4 is 17.5 Å². The molecule has 0 saturated heterocycles. The standard InChI is InChI=1S/C18H26N2O2/c1-2-17(21)19-16-12-8-9-14(13-16)18(22)20-15-10-6-4-3-5-7-11-15/h8-9,12-13,15H,2-7,10-11H2,1H3,(H,19,21)(H,20,22). The van der Waals surface area contributed by atoms with Gasteiger partial charge in [-0.15, -0.1) is 0 Å². The summed E-state index contributed by atoms with van der Waals surface area (Å²) in [4.78, 5) is 23.8. The van der Waals surface area contributed by atoms with Gasteiger partial charge in [-0.3, -0.25) is 9.59 Å². The average molecular weight is 302 g/mol. The molecule has 1 saturated carbocycles. The summed E-state index contributed by atoms with van der Waals surface area (Å²) >= 11 is 0. The molecular weight excluding hydrogens is 276 g/mol. The molecule has 0 spiro atoms. The van der Waals surface area contributed by atoms with E-state index >= 15 is 0 Å². The van der Waals surface area contributed by atoms with E-state index in [1.165, 1.54) is 32.1 Å². The molecule has 1 fully saturated rings. The van der Waals surface area contributed by atoms with Crippen LogP contribution in [0.5, 0.6) is 0 Å². The van der Waals surface area contributed by atoms with Gasteiger partial charge < -0.3 is 10.6 Å². The van der Waals surface area contributed by atoms with E-state index in [-0.39, 0.29) is 17.9 Å². The van der Waals surface area contributed by atoms with E-state index in [4.69, 9.17) is 0 Å². The number of hydrogen-bond acceptors (Lipinski definition) is 2. The van der Waals surface area contributed by atoms with Crippen molar-refractivity contribution in [1.82, 2.24) is 5.32 Å². The highest BCUT2D eigenvalue weighted by molar-refractivity contribution is 5.97. The largest absolute Gasteiger partial charge is 0.349 e. The minimum atomic E-state index is -0.0439. The number of benzene rings is 1. The fraction of sp³-hybridized carbons (Fsp3) is 0.556. The molecule has 0 bridgehead atoms. The van der Waals surface area contributed by atoms with Crippen LogP contribution in [0, 0.1) is 0 Å². The van der Waals surface area contributed by atoms with Gasteiger partial charge in [0, 0.05) is 23.7 Å². The lowest BCUT2D eigenvalue weighted by molar-refractivity contribution is -0.115. The second-order valence-corrected chi connectivity index (χ2v) is 6.00. The molecule has 1 aliphatic rings. The molecule has 2 amide bonds. The third-order valence-corrected chi connectivity index (χ3v) is 4.17. The Hall–Kier alpha value is -1.84. The monoisotopic (exact) mass is 302 g/mol. The quantitative estimate of drug-likeness (QED) is 0.886. The summed E-state index contributed by atoms with van der Waals surface area (Å²) in [7, 11) is 0. The van der Waals surface area contributed by atoms with E-state index in [9.17, 15) is 9.59 Å². The highest BCUT2D eigenvalue weighted by Crippen LogP contribution is 2.18. The highest BCUT2D eigenvalue weighted by atomic mass is 16.2. The van der Waals surface area contributed by atoms with Crippen LogP contribution in [0.15, 0.2) is 24.3 Å². The fourth-order valence-corrected chi connectivity index (χ4v) is 2.86. The Bertz CT molecular complexity index is 506. The Balaban J connectivity index is 1.96. The summed E-state index contributed by atoms with van der Waals surface area (Å²) < 4.78 is 0. The van der Waals surface area contributed by atoms with Gasteiger partial charge in [0.15, 0.2) is 0 Å². The number of carbonyl (C=O) groups excluding carboxylic acids is 2. The molecule has 4 heteroatoms. The van der Waals surface area contributed by atoms with Crippen molar-refractivity contribution in [3.05, 3.63) is 29.8 Å². The first-order valence-electron chi connectivity index (χ1n) is 8.40. The van der Waals surface area contributed by atoms with Gasteiger partial charge >= 0.3 is 0 Å². The number of carbonyl (C=O) groups is 2. The Morgan fingerprint density at radius 2 is 1.77 bits per heavy atom. The lowest BCUT2D eigenvalue weighted by atomic mass is 9.96. The second-order valence-electron chi connectivity index (χ2n) is 6.00. The molecule has 1 aromatic carbocycles. The summed E-state index contributed by atoms with van der Waals surface area (Å²) in [6, 6.07) is 7.42. The molecular formula is C18H26N2O2. The smallest absolute Gasteiger partial charge is 0.251 e. The van der Waals surface area contributed by atoms with E-state index in [2.05, 4.69) is 10.6 Å². The van der Waals surface area contributed by atoms with Gasteiger partial charge in [0.05, 0.1) is 0 Å². The first kappa shape index (κ1) is 16.5. The molecule has 2 rings (SSSR count). The van der Waals surface area contributed by atoms with Crippen molar-refractivity contribution < 1.29 is 9.59 Å². The number of rotatable bonds is 4. The average Bonchev–Trinajstić information content (AvgIpc) is 2.50. The molecule has 0 aliphatic heterocycles. The predicted octanol–water partition coefficient (Wildman–Crippen LogP) is 3.88. The maximum Gasteiger partial charge on any atom is 0.251 e. The summed E-state index contributed by atoms with van der Waals surface area (Å²) in [5, 5.41) is 5.94. The molecule has 0 heterocycles. The van der Waals surface area contributed by atoms with Crippen LogP contribution in [0.2, 0.25) is 0 Å².